The van der Waals surface area contributed by atoms with Crippen LogP contribution in [0, 0.1) is 0 Å². The number of oxime groups is 1. The van der Waals surface area contributed by atoms with Gasteiger partial charge in [0.1, 0.15) is 5.84 Å². The zero-order valence-electron chi connectivity index (χ0n) is 9.97. The standard InChI is InChI=1S/C12H17N3O2/c1-8(2)9-3-5-10(6-4-9)14-12(16)7-11(13)15-17/h3-6,8,17H,7H2,1-2H3,(H2,13,15)(H,14,16). The largest absolute Gasteiger partial charge is 0.409 e. The summed E-state index contributed by atoms with van der Waals surface area (Å²) in [6.45, 7) is 4.21. The van der Waals surface area contributed by atoms with Gasteiger partial charge < -0.3 is 16.3 Å². The van der Waals surface area contributed by atoms with Crippen LogP contribution in [0.5, 0.6) is 0 Å². The van der Waals surface area contributed by atoms with Crippen LogP contribution in [-0.2, 0) is 4.79 Å². The molecular formula is C12H17N3O2. The second kappa shape index (κ2) is 5.89. The van der Waals surface area contributed by atoms with Crippen LogP contribution < -0.4 is 11.1 Å². The average Bonchev–Trinajstić information content (AvgIpc) is 2.29. The number of nitrogens with one attached hydrogen (secondary N) is 1. The molecule has 1 amide bonds. The molecule has 0 fully saturated rings. The van der Waals surface area contributed by atoms with E-state index >= 15 is 0 Å². The number of rotatable bonds is 4. The predicted molar refractivity (Wildman–Crippen MR) is 67.2 cm³/mol. The lowest BCUT2D eigenvalue weighted by Gasteiger charge is -2.08. The van der Waals surface area contributed by atoms with E-state index in [9.17, 15) is 4.79 Å². The van der Waals surface area contributed by atoms with Crippen LogP contribution >= 0.6 is 0 Å². The highest BCUT2D eigenvalue weighted by Crippen LogP contribution is 2.17. The molecule has 0 bridgehead atoms. The highest BCUT2D eigenvalue weighted by atomic mass is 16.4. The van der Waals surface area contributed by atoms with E-state index in [1.807, 2.05) is 24.3 Å². The molecule has 0 spiro atoms. The van der Waals surface area contributed by atoms with E-state index in [0.717, 1.165) is 0 Å². The Bertz CT molecular complexity index is 410. The normalized spacial score (nSPS) is 11.6. The summed E-state index contributed by atoms with van der Waals surface area (Å²) in [5.74, 6) is 0.0378. The number of carbonyl (C=O) groups is 1. The van der Waals surface area contributed by atoms with E-state index in [1.54, 1.807) is 0 Å². The second-order valence-electron chi connectivity index (χ2n) is 4.09. The van der Waals surface area contributed by atoms with Crippen molar-refractivity contribution in [2.24, 2.45) is 10.9 Å². The zero-order valence-corrected chi connectivity index (χ0v) is 9.97. The summed E-state index contributed by atoms with van der Waals surface area (Å²) in [7, 11) is 0. The lowest BCUT2D eigenvalue weighted by molar-refractivity contribution is -0.115. The van der Waals surface area contributed by atoms with Crippen molar-refractivity contribution in [2.45, 2.75) is 26.2 Å². The van der Waals surface area contributed by atoms with Gasteiger partial charge in [-0.25, -0.2) is 0 Å². The van der Waals surface area contributed by atoms with Gasteiger partial charge in [0.05, 0.1) is 6.42 Å². The third-order valence-corrected chi connectivity index (χ3v) is 2.33. The fourth-order valence-corrected chi connectivity index (χ4v) is 1.36. The highest BCUT2D eigenvalue weighted by Gasteiger charge is 2.05. The van der Waals surface area contributed by atoms with E-state index in [0.29, 0.717) is 11.6 Å². The first-order valence-electron chi connectivity index (χ1n) is 5.39. The van der Waals surface area contributed by atoms with Gasteiger partial charge in [0.2, 0.25) is 5.91 Å². The maximum atomic E-state index is 11.4. The number of nitrogens with two attached hydrogens (primary N) is 1. The number of nitrogens with zero attached hydrogens (tertiary/aromatic N) is 1. The molecule has 0 saturated heterocycles. The van der Waals surface area contributed by atoms with Gasteiger partial charge >= 0.3 is 0 Å². The molecule has 1 aromatic carbocycles. The lowest BCUT2D eigenvalue weighted by Crippen LogP contribution is -2.21. The van der Waals surface area contributed by atoms with Gasteiger partial charge in [-0.05, 0) is 23.6 Å². The Labute approximate surface area is 100 Å². The second-order valence-corrected chi connectivity index (χ2v) is 4.09. The Morgan fingerprint density at radius 1 is 1.41 bits per heavy atom. The topological polar surface area (TPSA) is 87.7 Å². The van der Waals surface area contributed by atoms with Gasteiger partial charge in [0.15, 0.2) is 0 Å². The van der Waals surface area contributed by atoms with Crippen LogP contribution in [0.15, 0.2) is 29.4 Å². The van der Waals surface area contributed by atoms with Crippen molar-refractivity contribution in [1.29, 1.82) is 0 Å². The van der Waals surface area contributed by atoms with Crippen molar-refractivity contribution in [3.05, 3.63) is 29.8 Å². The Balaban J connectivity index is 2.60. The maximum absolute atomic E-state index is 11.4. The monoisotopic (exact) mass is 235 g/mol. The van der Waals surface area contributed by atoms with E-state index in [-0.39, 0.29) is 18.2 Å². The summed E-state index contributed by atoms with van der Waals surface area (Å²) in [5, 5.41) is 13.7. The van der Waals surface area contributed by atoms with Crippen LogP contribution in [0.1, 0.15) is 31.7 Å². The molecule has 5 heteroatoms. The molecule has 17 heavy (non-hydrogen) atoms. The molecular weight excluding hydrogens is 218 g/mol. The SMILES string of the molecule is CC(C)c1ccc(NC(=O)C/C(N)=N/O)cc1. The van der Waals surface area contributed by atoms with Crippen molar-refractivity contribution >= 4 is 17.4 Å². The summed E-state index contributed by atoms with van der Waals surface area (Å²) in [4.78, 5) is 11.4. The van der Waals surface area contributed by atoms with Crippen LogP contribution in [0.2, 0.25) is 0 Å². The van der Waals surface area contributed by atoms with Gasteiger partial charge in [-0.15, -0.1) is 0 Å². The van der Waals surface area contributed by atoms with Crippen LogP contribution in [-0.4, -0.2) is 17.0 Å². The van der Waals surface area contributed by atoms with Crippen molar-refractivity contribution in [2.75, 3.05) is 5.32 Å². The molecule has 4 N–H and O–H groups in total. The smallest absolute Gasteiger partial charge is 0.232 e. The predicted octanol–water partition coefficient (Wildman–Crippen LogP) is 1.89. The van der Waals surface area contributed by atoms with E-state index < -0.39 is 0 Å². The van der Waals surface area contributed by atoms with Gasteiger partial charge in [-0.1, -0.05) is 31.1 Å². The first kappa shape index (κ1) is 13.0. The molecule has 0 unspecified atom stereocenters. The van der Waals surface area contributed by atoms with Crippen molar-refractivity contribution in [3.8, 4) is 0 Å². The first-order chi connectivity index (χ1) is 8.02. The first-order valence-corrected chi connectivity index (χ1v) is 5.39. The summed E-state index contributed by atoms with van der Waals surface area (Å²) < 4.78 is 0. The van der Waals surface area contributed by atoms with Gasteiger partial charge in [0.25, 0.3) is 0 Å². The minimum Gasteiger partial charge on any atom is -0.409 e. The lowest BCUT2D eigenvalue weighted by atomic mass is 10.0. The number of amidine groups is 1. The average molecular weight is 235 g/mol. The summed E-state index contributed by atoms with van der Waals surface area (Å²) in [5.41, 5.74) is 7.14. The minimum atomic E-state index is -0.308. The molecule has 0 heterocycles. The number of benzene rings is 1. The summed E-state index contributed by atoms with van der Waals surface area (Å²) >= 11 is 0. The van der Waals surface area contributed by atoms with Crippen LogP contribution in [0.3, 0.4) is 0 Å². The molecule has 1 aromatic rings. The Morgan fingerprint density at radius 2 is 2.00 bits per heavy atom. The van der Waals surface area contributed by atoms with Gasteiger partial charge in [-0.2, -0.15) is 0 Å². The van der Waals surface area contributed by atoms with E-state index in [2.05, 4.69) is 24.3 Å². The third-order valence-electron chi connectivity index (χ3n) is 2.33. The Kier molecular flexibility index (Phi) is 4.51. The zero-order chi connectivity index (χ0) is 12.8. The number of carbonyl (C=O) groups excluding carboxylic acids is 1. The molecule has 5 nitrogen and oxygen atoms in total. The summed E-state index contributed by atoms with van der Waals surface area (Å²) in [6.07, 6.45) is -0.123. The molecule has 0 aliphatic carbocycles. The molecule has 0 aliphatic heterocycles. The van der Waals surface area contributed by atoms with E-state index in [1.165, 1.54) is 5.56 Å². The molecule has 0 aliphatic rings. The van der Waals surface area contributed by atoms with E-state index in [4.69, 9.17) is 10.9 Å². The van der Waals surface area contributed by atoms with Crippen molar-refractivity contribution in [1.82, 2.24) is 0 Å². The number of anilines is 1. The quantitative estimate of drug-likeness (QED) is 0.322. The Hall–Kier alpha value is -2.04. The number of amides is 1. The molecule has 0 radical (unpaired) electrons. The maximum Gasteiger partial charge on any atom is 0.232 e. The van der Waals surface area contributed by atoms with Gasteiger partial charge in [-0.3, -0.25) is 4.79 Å². The van der Waals surface area contributed by atoms with Crippen LogP contribution in [0.25, 0.3) is 0 Å². The minimum absolute atomic E-state index is 0.110. The molecule has 92 valence electrons. The number of hydrogen-bond donors (Lipinski definition) is 3. The van der Waals surface area contributed by atoms with Crippen molar-refractivity contribution in [3.63, 3.8) is 0 Å². The van der Waals surface area contributed by atoms with Crippen LogP contribution in [0.4, 0.5) is 5.69 Å². The highest BCUT2D eigenvalue weighted by molar-refractivity contribution is 6.04. The molecule has 0 atom stereocenters. The molecule has 0 aromatic heterocycles. The molecule has 1 rings (SSSR count). The Morgan fingerprint density at radius 3 is 2.47 bits per heavy atom. The molecule has 0 saturated carbocycles. The number of hydrogen-bond acceptors (Lipinski definition) is 3. The third kappa shape index (κ3) is 4.14. The summed E-state index contributed by atoms with van der Waals surface area (Å²) in [6, 6.07) is 7.59. The van der Waals surface area contributed by atoms with Crippen molar-refractivity contribution < 1.29 is 10.0 Å². The van der Waals surface area contributed by atoms with Gasteiger partial charge in [0, 0.05) is 5.69 Å². The fraction of sp³-hybridized carbons (Fsp3) is 0.333. The fourth-order valence-electron chi connectivity index (χ4n) is 1.36.